The summed E-state index contributed by atoms with van der Waals surface area (Å²) in [6, 6.07) is 7.46. The van der Waals surface area contributed by atoms with Crippen LogP contribution in [0.5, 0.6) is 5.75 Å². The molecule has 7 heteroatoms. The molecule has 3 N–H and O–H groups in total. The zero-order chi connectivity index (χ0) is 24.3. The number of ether oxygens (including phenoxy) is 1. The number of rotatable bonds is 15. The number of carboxylic acids is 1. The first-order chi connectivity index (χ1) is 15.8. The maximum absolute atomic E-state index is 12.5. The second kappa shape index (κ2) is 13.8. The van der Waals surface area contributed by atoms with Gasteiger partial charge in [0.1, 0.15) is 11.5 Å². The third kappa shape index (κ3) is 8.47. The zero-order valence-corrected chi connectivity index (χ0v) is 20.6. The maximum atomic E-state index is 12.5. The van der Waals surface area contributed by atoms with Crippen molar-refractivity contribution in [3.05, 3.63) is 42.0 Å². The fourth-order valence-electron chi connectivity index (χ4n) is 4.25. The van der Waals surface area contributed by atoms with Crippen molar-refractivity contribution in [3.8, 4) is 5.75 Å². The summed E-state index contributed by atoms with van der Waals surface area (Å²) in [5, 5.41) is 30.6. The average molecular weight is 479 g/mol. The molecule has 0 spiro atoms. The van der Waals surface area contributed by atoms with Crippen molar-refractivity contribution in [2.24, 2.45) is 5.92 Å². The summed E-state index contributed by atoms with van der Waals surface area (Å²) in [5.74, 6) is 0.0776. The van der Waals surface area contributed by atoms with Gasteiger partial charge in [-0.1, -0.05) is 50.5 Å². The summed E-state index contributed by atoms with van der Waals surface area (Å²) in [6.07, 6.45) is 8.75. The van der Waals surface area contributed by atoms with E-state index in [2.05, 4.69) is 6.92 Å². The Labute approximate surface area is 201 Å². The third-order valence-corrected chi connectivity index (χ3v) is 7.93. The van der Waals surface area contributed by atoms with Crippen LogP contribution in [-0.4, -0.2) is 51.3 Å². The highest BCUT2D eigenvalue weighted by atomic mass is 32.2. The molecular formula is C26H38O6S. The van der Waals surface area contributed by atoms with Crippen LogP contribution in [0.3, 0.4) is 0 Å². The van der Waals surface area contributed by atoms with Gasteiger partial charge in [-0.15, -0.1) is 0 Å². The summed E-state index contributed by atoms with van der Waals surface area (Å²) in [4.78, 5) is 23.1. The molecule has 184 valence electrons. The van der Waals surface area contributed by atoms with Crippen LogP contribution in [0.4, 0.5) is 0 Å². The lowest BCUT2D eigenvalue weighted by Crippen LogP contribution is -2.32. The highest BCUT2D eigenvalue weighted by molar-refractivity contribution is 8.00. The minimum Gasteiger partial charge on any atom is -0.497 e. The number of allylic oxidation sites excluding steroid dienone is 2. The SMILES string of the molecule is CCCCCC(O)(CS[C@H]1C(O)CC(=O)[C@@H]1CC=CCCCC(=O)O)c1ccc(OC)cc1. The second-order valence-corrected chi connectivity index (χ2v) is 10.00. The molecular weight excluding hydrogens is 440 g/mol. The van der Waals surface area contributed by atoms with Gasteiger partial charge in [0.25, 0.3) is 0 Å². The first-order valence-corrected chi connectivity index (χ1v) is 12.9. The molecule has 2 unspecified atom stereocenters. The van der Waals surface area contributed by atoms with E-state index in [-0.39, 0.29) is 29.8 Å². The average Bonchev–Trinajstić information content (AvgIpc) is 3.06. The van der Waals surface area contributed by atoms with Crippen LogP contribution in [0.1, 0.15) is 70.3 Å². The Morgan fingerprint density at radius 2 is 1.94 bits per heavy atom. The number of aliphatic hydroxyl groups excluding tert-OH is 1. The van der Waals surface area contributed by atoms with Crippen LogP contribution in [0.2, 0.25) is 0 Å². The van der Waals surface area contributed by atoms with Crippen LogP contribution in [-0.2, 0) is 15.2 Å². The molecule has 1 aromatic carbocycles. The van der Waals surface area contributed by atoms with E-state index >= 15 is 0 Å². The van der Waals surface area contributed by atoms with Crippen LogP contribution in [0, 0.1) is 5.92 Å². The van der Waals surface area contributed by atoms with Crippen LogP contribution in [0.15, 0.2) is 36.4 Å². The second-order valence-electron chi connectivity index (χ2n) is 8.83. The molecule has 0 aromatic heterocycles. The number of hydrogen-bond acceptors (Lipinski definition) is 6. The maximum Gasteiger partial charge on any atom is 0.303 e. The monoisotopic (exact) mass is 478 g/mol. The topological polar surface area (TPSA) is 104 Å². The van der Waals surface area contributed by atoms with Gasteiger partial charge in [-0.25, -0.2) is 0 Å². The Hall–Kier alpha value is -1.83. The van der Waals surface area contributed by atoms with Crippen LogP contribution in [0.25, 0.3) is 0 Å². The smallest absolute Gasteiger partial charge is 0.303 e. The summed E-state index contributed by atoms with van der Waals surface area (Å²) in [7, 11) is 1.61. The predicted octanol–water partition coefficient (Wildman–Crippen LogP) is 4.72. The minimum atomic E-state index is -1.05. The number of Topliss-reactive ketones (excluding diaryl/α,β-unsaturated/α-hetero) is 1. The molecule has 0 amide bonds. The fourth-order valence-corrected chi connectivity index (χ4v) is 5.85. The van der Waals surface area contributed by atoms with Crippen molar-refractivity contribution in [2.75, 3.05) is 12.9 Å². The number of carbonyl (C=O) groups is 2. The number of thioether (sulfide) groups is 1. The number of unbranched alkanes of at least 4 members (excludes halogenated alkanes) is 3. The summed E-state index contributed by atoms with van der Waals surface area (Å²) >= 11 is 1.48. The van der Waals surface area contributed by atoms with Crippen LogP contribution >= 0.6 is 11.8 Å². The lowest BCUT2D eigenvalue weighted by molar-refractivity contribution is -0.137. The molecule has 0 aliphatic heterocycles. The molecule has 1 saturated carbocycles. The Bertz CT molecular complexity index is 777. The van der Waals surface area contributed by atoms with Crippen molar-refractivity contribution >= 4 is 23.5 Å². The number of carbonyl (C=O) groups excluding carboxylic acids is 1. The van der Waals surface area contributed by atoms with E-state index in [4.69, 9.17) is 9.84 Å². The lowest BCUT2D eigenvalue weighted by Gasteiger charge is -2.31. The normalized spacial score (nSPS) is 22.5. The number of ketones is 1. The van der Waals surface area contributed by atoms with Crippen LogP contribution < -0.4 is 4.74 Å². The molecule has 1 aliphatic rings. The number of carboxylic acid groups (broad SMARTS) is 1. The predicted molar refractivity (Wildman–Crippen MR) is 132 cm³/mol. The Morgan fingerprint density at radius 3 is 2.58 bits per heavy atom. The first kappa shape index (κ1) is 27.4. The Balaban J connectivity index is 2.04. The van der Waals surface area contributed by atoms with Crippen molar-refractivity contribution < 1.29 is 29.6 Å². The molecule has 1 fully saturated rings. The van der Waals surface area contributed by atoms with Gasteiger partial charge < -0.3 is 20.1 Å². The van der Waals surface area contributed by atoms with Gasteiger partial charge >= 0.3 is 5.97 Å². The summed E-state index contributed by atoms with van der Waals surface area (Å²) < 4.78 is 5.24. The fraction of sp³-hybridized carbons (Fsp3) is 0.615. The van der Waals surface area contributed by atoms with E-state index in [9.17, 15) is 19.8 Å². The largest absolute Gasteiger partial charge is 0.497 e. The number of aliphatic hydroxyl groups is 2. The van der Waals surface area contributed by atoms with E-state index in [1.165, 1.54) is 11.8 Å². The molecule has 0 bridgehead atoms. The standard InChI is InChI=1S/C26H38O6S/c1-3-4-9-16-26(31,19-12-14-20(32-2)15-13-19)18-33-25-21(22(27)17-23(25)28)10-7-5-6-8-11-24(29)30/h5,7,12-15,21,23,25,28,31H,3-4,6,8-11,16-18H2,1-2H3,(H,29,30)/t21-,23?,25+,26?/m0/s1. The van der Waals surface area contributed by atoms with Gasteiger partial charge in [0, 0.05) is 29.8 Å². The lowest BCUT2D eigenvalue weighted by atomic mass is 9.90. The van der Waals surface area contributed by atoms with E-state index < -0.39 is 17.7 Å². The highest BCUT2D eigenvalue weighted by Gasteiger charge is 2.42. The number of methoxy groups -OCH3 is 1. The van der Waals surface area contributed by atoms with Gasteiger partial charge in [0.2, 0.25) is 0 Å². The van der Waals surface area contributed by atoms with Crippen molar-refractivity contribution in [1.29, 1.82) is 0 Å². The molecule has 1 aromatic rings. The van der Waals surface area contributed by atoms with Gasteiger partial charge in [-0.05, 0) is 43.4 Å². The van der Waals surface area contributed by atoms with E-state index in [1.807, 2.05) is 36.4 Å². The molecule has 33 heavy (non-hydrogen) atoms. The molecule has 2 rings (SSSR count). The van der Waals surface area contributed by atoms with Crippen molar-refractivity contribution in [3.63, 3.8) is 0 Å². The van der Waals surface area contributed by atoms with E-state index in [1.54, 1.807) is 7.11 Å². The van der Waals surface area contributed by atoms with E-state index in [0.717, 1.165) is 30.6 Å². The van der Waals surface area contributed by atoms with Gasteiger partial charge in [0.15, 0.2) is 0 Å². The molecule has 1 aliphatic carbocycles. The Morgan fingerprint density at radius 1 is 1.21 bits per heavy atom. The third-order valence-electron chi connectivity index (χ3n) is 6.25. The molecule has 4 atom stereocenters. The molecule has 6 nitrogen and oxygen atoms in total. The van der Waals surface area contributed by atoms with Gasteiger partial charge in [0.05, 0.1) is 18.8 Å². The summed E-state index contributed by atoms with van der Waals surface area (Å²) in [5.41, 5.74) is -0.227. The van der Waals surface area contributed by atoms with E-state index in [0.29, 0.717) is 31.4 Å². The van der Waals surface area contributed by atoms with Gasteiger partial charge in [-0.3, -0.25) is 9.59 Å². The quantitative estimate of drug-likeness (QED) is 0.248. The number of hydrogen-bond donors (Lipinski definition) is 3. The zero-order valence-electron chi connectivity index (χ0n) is 19.7. The molecule has 0 saturated heterocycles. The number of benzene rings is 1. The highest BCUT2D eigenvalue weighted by Crippen LogP contribution is 2.40. The minimum absolute atomic E-state index is 0.0501. The summed E-state index contributed by atoms with van der Waals surface area (Å²) in [6.45, 7) is 2.13. The van der Waals surface area contributed by atoms with Crippen molar-refractivity contribution in [2.45, 2.75) is 81.7 Å². The molecule has 0 heterocycles. The van der Waals surface area contributed by atoms with Crippen molar-refractivity contribution in [1.82, 2.24) is 0 Å². The van der Waals surface area contributed by atoms with Gasteiger partial charge in [-0.2, -0.15) is 11.8 Å². The first-order valence-electron chi connectivity index (χ1n) is 11.9. The Kier molecular flexibility index (Phi) is 11.4. The number of aliphatic carboxylic acids is 1. The molecule has 0 radical (unpaired) electrons.